The van der Waals surface area contributed by atoms with Crippen molar-refractivity contribution in [3.8, 4) is 11.8 Å². The molecule has 1 aliphatic carbocycles. The van der Waals surface area contributed by atoms with E-state index in [0.717, 1.165) is 18.8 Å². The van der Waals surface area contributed by atoms with Crippen LogP contribution in [-0.4, -0.2) is 37.0 Å². The Hall–Kier alpha value is -2.84. The molecule has 0 saturated heterocycles. The lowest BCUT2D eigenvalue weighted by atomic mass is 10.1. The highest BCUT2D eigenvalue weighted by atomic mass is 16.5. The number of hydrogen-bond acceptors (Lipinski definition) is 4. The first-order valence-electron chi connectivity index (χ1n) is 8.87. The summed E-state index contributed by atoms with van der Waals surface area (Å²) in [6.45, 7) is 2.32. The van der Waals surface area contributed by atoms with Crippen molar-refractivity contribution in [1.82, 2.24) is 10.2 Å². The highest BCUT2D eigenvalue weighted by Gasteiger charge is 2.28. The Bertz CT molecular complexity index is 774. The molecule has 0 radical (unpaired) electrons. The normalized spacial score (nSPS) is 13.3. The molecule has 0 heterocycles. The number of carbonyl (C=O) groups excluding carboxylic acids is 1. The fourth-order valence-electron chi connectivity index (χ4n) is 2.88. The molecule has 0 aromatic heterocycles. The van der Waals surface area contributed by atoms with Gasteiger partial charge in [0.15, 0.2) is 0 Å². The second-order valence-corrected chi connectivity index (χ2v) is 6.46. The molecule has 134 valence electrons. The van der Waals surface area contributed by atoms with Crippen LogP contribution in [0.3, 0.4) is 0 Å². The van der Waals surface area contributed by atoms with Gasteiger partial charge in [0, 0.05) is 31.7 Å². The Morgan fingerprint density at radius 3 is 2.46 bits per heavy atom. The van der Waals surface area contributed by atoms with Crippen LogP contribution in [0.5, 0.6) is 5.75 Å². The minimum Gasteiger partial charge on any atom is -0.492 e. The van der Waals surface area contributed by atoms with Crippen molar-refractivity contribution < 1.29 is 9.53 Å². The second-order valence-electron chi connectivity index (χ2n) is 6.46. The van der Waals surface area contributed by atoms with E-state index in [9.17, 15) is 4.79 Å². The molecule has 0 atom stereocenters. The first-order valence-corrected chi connectivity index (χ1v) is 8.87. The molecule has 2 aromatic rings. The van der Waals surface area contributed by atoms with Crippen LogP contribution in [0.25, 0.3) is 0 Å². The van der Waals surface area contributed by atoms with Gasteiger partial charge < -0.3 is 10.1 Å². The first-order chi connectivity index (χ1) is 12.7. The van der Waals surface area contributed by atoms with Crippen molar-refractivity contribution in [2.75, 3.05) is 20.2 Å². The van der Waals surface area contributed by atoms with Crippen molar-refractivity contribution in [1.29, 1.82) is 5.26 Å². The monoisotopic (exact) mass is 349 g/mol. The average Bonchev–Trinajstić information content (AvgIpc) is 3.53. The van der Waals surface area contributed by atoms with Crippen LogP contribution >= 0.6 is 0 Å². The van der Waals surface area contributed by atoms with Crippen molar-refractivity contribution in [2.24, 2.45) is 0 Å². The Labute approximate surface area is 154 Å². The SMILES string of the molecule is CNC(=O)c1ccc(CN(CCOc2ccc(C#N)cc2)C2CC2)cc1. The molecule has 1 saturated carbocycles. The number of nitriles is 1. The van der Waals surface area contributed by atoms with E-state index in [-0.39, 0.29) is 5.91 Å². The molecule has 0 aliphatic heterocycles. The van der Waals surface area contributed by atoms with Gasteiger partial charge in [-0.05, 0) is 54.8 Å². The van der Waals surface area contributed by atoms with Gasteiger partial charge in [0.2, 0.25) is 0 Å². The summed E-state index contributed by atoms with van der Waals surface area (Å²) in [4.78, 5) is 14.1. The van der Waals surface area contributed by atoms with Gasteiger partial charge in [-0.15, -0.1) is 0 Å². The van der Waals surface area contributed by atoms with Crippen molar-refractivity contribution in [3.63, 3.8) is 0 Å². The van der Waals surface area contributed by atoms with Gasteiger partial charge >= 0.3 is 0 Å². The number of benzene rings is 2. The highest BCUT2D eigenvalue weighted by Crippen LogP contribution is 2.28. The van der Waals surface area contributed by atoms with Crippen LogP contribution < -0.4 is 10.1 Å². The molecule has 0 unspecified atom stereocenters. The smallest absolute Gasteiger partial charge is 0.251 e. The number of amides is 1. The van der Waals surface area contributed by atoms with E-state index < -0.39 is 0 Å². The number of ether oxygens (including phenoxy) is 1. The summed E-state index contributed by atoms with van der Waals surface area (Å²) < 4.78 is 5.81. The van der Waals surface area contributed by atoms with Crippen LogP contribution in [0, 0.1) is 11.3 Å². The third-order valence-electron chi connectivity index (χ3n) is 4.52. The maximum absolute atomic E-state index is 11.6. The molecule has 0 bridgehead atoms. The first kappa shape index (κ1) is 18.0. The molecule has 5 heteroatoms. The van der Waals surface area contributed by atoms with E-state index in [1.807, 2.05) is 36.4 Å². The fraction of sp³-hybridized carbons (Fsp3) is 0.333. The Balaban J connectivity index is 1.52. The molecule has 5 nitrogen and oxygen atoms in total. The summed E-state index contributed by atoms with van der Waals surface area (Å²) in [5.41, 5.74) is 2.51. The van der Waals surface area contributed by atoms with Gasteiger partial charge in [0.05, 0.1) is 11.6 Å². The summed E-state index contributed by atoms with van der Waals surface area (Å²) >= 11 is 0. The van der Waals surface area contributed by atoms with Gasteiger partial charge in [-0.25, -0.2) is 0 Å². The third kappa shape index (κ3) is 4.84. The van der Waals surface area contributed by atoms with Crippen molar-refractivity contribution >= 4 is 5.91 Å². The lowest BCUT2D eigenvalue weighted by Gasteiger charge is -2.22. The van der Waals surface area contributed by atoms with Crippen LogP contribution in [-0.2, 0) is 6.54 Å². The zero-order valence-electron chi connectivity index (χ0n) is 14.9. The Morgan fingerprint density at radius 1 is 1.19 bits per heavy atom. The molecule has 3 rings (SSSR count). The molecule has 1 N–H and O–H groups in total. The minimum absolute atomic E-state index is 0.0635. The summed E-state index contributed by atoms with van der Waals surface area (Å²) in [6.07, 6.45) is 2.46. The quantitative estimate of drug-likeness (QED) is 0.796. The lowest BCUT2D eigenvalue weighted by molar-refractivity contribution is 0.0963. The molecular weight excluding hydrogens is 326 g/mol. The van der Waals surface area contributed by atoms with Crippen LogP contribution in [0.1, 0.15) is 34.3 Å². The summed E-state index contributed by atoms with van der Waals surface area (Å²) in [6, 6.07) is 17.7. The number of carbonyl (C=O) groups is 1. The van der Waals surface area contributed by atoms with Gasteiger partial charge in [0.25, 0.3) is 5.91 Å². The van der Waals surface area contributed by atoms with Gasteiger partial charge in [-0.1, -0.05) is 12.1 Å². The topological polar surface area (TPSA) is 65.4 Å². The van der Waals surface area contributed by atoms with Crippen molar-refractivity contribution in [2.45, 2.75) is 25.4 Å². The Morgan fingerprint density at radius 2 is 1.88 bits per heavy atom. The molecular formula is C21H23N3O2. The van der Waals surface area contributed by atoms with Gasteiger partial charge in [-0.3, -0.25) is 9.69 Å². The zero-order valence-corrected chi connectivity index (χ0v) is 14.9. The van der Waals surface area contributed by atoms with E-state index in [1.165, 1.54) is 18.4 Å². The van der Waals surface area contributed by atoms with E-state index >= 15 is 0 Å². The molecule has 1 aliphatic rings. The maximum atomic E-state index is 11.6. The largest absolute Gasteiger partial charge is 0.492 e. The summed E-state index contributed by atoms with van der Waals surface area (Å²) in [5.74, 6) is 0.723. The van der Waals surface area contributed by atoms with Gasteiger partial charge in [0.1, 0.15) is 12.4 Å². The van der Waals surface area contributed by atoms with E-state index in [0.29, 0.717) is 23.8 Å². The summed E-state index contributed by atoms with van der Waals surface area (Å²) in [5, 5.41) is 11.5. The number of hydrogen-bond donors (Lipinski definition) is 1. The van der Waals surface area contributed by atoms with Crippen LogP contribution in [0.4, 0.5) is 0 Å². The maximum Gasteiger partial charge on any atom is 0.251 e. The number of rotatable bonds is 8. The number of nitrogens with zero attached hydrogens (tertiary/aromatic N) is 2. The van der Waals surface area contributed by atoms with Crippen LogP contribution in [0.2, 0.25) is 0 Å². The molecule has 26 heavy (non-hydrogen) atoms. The molecule has 0 spiro atoms. The predicted octanol–water partition coefficient (Wildman–Crippen LogP) is 2.96. The minimum atomic E-state index is -0.0635. The van der Waals surface area contributed by atoms with Crippen molar-refractivity contribution in [3.05, 3.63) is 65.2 Å². The highest BCUT2D eigenvalue weighted by molar-refractivity contribution is 5.93. The zero-order chi connectivity index (χ0) is 18.4. The van der Waals surface area contributed by atoms with Crippen LogP contribution in [0.15, 0.2) is 48.5 Å². The number of nitrogens with one attached hydrogen (secondary N) is 1. The Kier molecular flexibility index (Phi) is 5.88. The molecule has 1 amide bonds. The molecule has 1 fully saturated rings. The summed E-state index contributed by atoms with van der Waals surface area (Å²) in [7, 11) is 1.64. The average molecular weight is 349 g/mol. The molecule has 2 aromatic carbocycles. The third-order valence-corrected chi connectivity index (χ3v) is 4.52. The fourth-order valence-corrected chi connectivity index (χ4v) is 2.88. The lowest BCUT2D eigenvalue weighted by Crippen LogP contribution is -2.30. The van der Waals surface area contributed by atoms with E-state index in [2.05, 4.69) is 16.3 Å². The van der Waals surface area contributed by atoms with Gasteiger partial charge in [-0.2, -0.15) is 5.26 Å². The second kappa shape index (κ2) is 8.50. The van der Waals surface area contributed by atoms with E-state index in [1.54, 1.807) is 19.2 Å². The standard InChI is InChI=1S/C21H23N3O2/c1-23-21(25)18-6-2-17(3-7-18)15-24(19-8-9-19)12-13-26-20-10-4-16(14-22)5-11-20/h2-7,10-11,19H,8-9,12-13,15H2,1H3,(H,23,25). The van der Waals surface area contributed by atoms with E-state index in [4.69, 9.17) is 10.00 Å². The predicted molar refractivity (Wildman–Crippen MR) is 99.9 cm³/mol.